The quantitative estimate of drug-likeness (QED) is 0.617. The van der Waals surface area contributed by atoms with Gasteiger partial charge in [0.2, 0.25) is 0 Å². The largest absolute Gasteiger partial charge is 0.372 e. The first-order valence-corrected chi connectivity index (χ1v) is 8.40. The summed E-state index contributed by atoms with van der Waals surface area (Å²) in [5.41, 5.74) is 0. The smallest absolute Gasteiger partial charge is 0.0707 e. The van der Waals surface area contributed by atoms with Gasteiger partial charge >= 0.3 is 0 Å². The Morgan fingerprint density at radius 2 is 1.79 bits per heavy atom. The summed E-state index contributed by atoms with van der Waals surface area (Å²) in [4.78, 5) is 2.64. The van der Waals surface area contributed by atoms with Crippen LogP contribution in [0.15, 0.2) is 0 Å². The van der Waals surface area contributed by atoms with E-state index < -0.39 is 0 Å². The molecule has 0 radical (unpaired) electrons. The summed E-state index contributed by atoms with van der Waals surface area (Å²) < 4.78 is 6.18. The normalized spacial score (nSPS) is 27.3. The van der Waals surface area contributed by atoms with Crippen LogP contribution in [0, 0.1) is 5.92 Å². The predicted octanol–water partition coefficient (Wildman–Crippen LogP) is 2.66. The van der Waals surface area contributed by atoms with Crippen molar-refractivity contribution in [3.05, 3.63) is 0 Å². The third-order valence-corrected chi connectivity index (χ3v) is 4.21. The highest BCUT2D eigenvalue weighted by Gasteiger charge is 2.29. The molecule has 0 spiro atoms. The lowest BCUT2D eigenvalue weighted by Gasteiger charge is -2.25. The van der Waals surface area contributed by atoms with Gasteiger partial charge in [-0.15, -0.1) is 0 Å². The van der Waals surface area contributed by atoms with E-state index in [1.54, 1.807) is 0 Å². The third kappa shape index (κ3) is 5.80. The maximum absolute atomic E-state index is 6.18. The first kappa shape index (κ1) is 15.3. The number of nitrogens with one attached hydrogen (secondary N) is 1. The van der Waals surface area contributed by atoms with E-state index in [2.05, 4.69) is 24.1 Å². The second-order valence-electron chi connectivity index (χ2n) is 6.36. The van der Waals surface area contributed by atoms with Crippen molar-refractivity contribution in [2.75, 3.05) is 32.7 Å². The Morgan fingerprint density at radius 1 is 1.00 bits per heavy atom. The molecule has 3 nitrogen and oxygen atoms in total. The van der Waals surface area contributed by atoms with E-state index in [0.29, 0.717) is 12.2 Å². The summed E-state index contributed by atoms with van der Waals surface area (Å²) in [7, 11) is 0. The summed E-state index contributed by atoms with van der Waals surface area (Å²) in [6, 6.07) is 0. The zero-order valence-electron chi connectivity index (χ0n) is 12.9. The monoisotopic (exact) mass is 268 g/mol. The highest BCUT2D eigenvalue weighted by Crippen LogP contribution is 2.30. The molecule has 0 aromatic rings. The van der Waals surface area contributed by atoms with E-state index in [0.717, 1.165) is 25.6 Å². The highest BCUT2D eigenvalue weighted by atomic mass is 16.5. The molecule has 1 saturated heterocycles. The Kier molecular flexibility index (Phi) is 6.62. The van der Waals surface area contributed by atoms with Crippen LogP contribution in [-0.2, 0) is 4.74 Å². The molecule has 0 bridgehead atoms. The molecule has 112 valence electrons. The van der Waals surface area contributed by atoms with Crippen LogP contribution in [0.1, 0.15) is 52.4 Å². The molecule has 1 aliphatic carbocycles. The van der Waals surface area contributed by atoms with E-state index in [-0.39, 0.29) is 0 Å². The Bertz CT molecular complexity index is 243. The Labute approximate surface area is 119 Å². The zero-order chi connectivity index (χ0) is 13.5. The molecule has 2 fully saturated rings. The van der Waals surface area contributed by atoms with Crippen molar-refractivity contribution in [1.82, 2.24) is 10.2 Å². The third-order valence-electron chi connectivity index (χ3n) is 4.21. The van der Waals surface area contributed by atoms with Crippen LogP contribution in [0.4, 0.5) is 0 Å². The molecule has 0 aromatic carbocycles. The summed E-state index contributed by atoms with van der Waals surface area (Å²) >= 11 is 0. The van der Waals surface area contributed by atoms with Gasteiger partial charge in [-0.25, -0.2) is 0 Å². The minimum atomic E-state index is 0.459. The molecule has 1 saturated carbocycles. The summed E-state index contributed by atoms with van der Waals surface area (Å²) in [6.45, 7) is 10.4. The van der Waals surface area contributed by atoms with E-state index in [1.807, 2.05) is 0 Å². The molecular formula is C16H32N2O. The zero-order valence-corrected chi connectivity index (χ0v) is 12.9. The molecule has 1 aliphatic heterocycles. The van der Waals surface area contributed by atoms with Gasteiger partial charge in [0.05, 0.1) is 12.2 Å². The molecule has 2 atom stereocenters. The van der Waals surface area contributed by atoms with Crippen molar-refractivity contribution in [2.24, 2.45) is 5.92 Å². The SMILES string of the molecule is CCCNCC1CCC(CN(CCC)CC2CC2)O1. The fourth-order valence-electron chi connectivity index (χ4n) is 3.03. The molecule has 2 aliphatic rings. The van der Waals surface area contributed by atoms with Crippen LogP contribution in [0.3, 0.4) is 0 Å². The van der Waals surface area contributed by atoms with Gasteiger partial charge in [0.15, 0.2) is 0 Å². The standard InChI is InChI=1S/C16H32N2O/c1-3-9-17-11-15-7-8-16(19-15)13-18(10-4-2)12-14-5-6-14/h14-17H,3-13H2,1-2H3. The molecule has 0 amide bonds. The Morgan fingerprint density at radius 3 is 2.47 bits per heavy atom. The van der Waals surface area contributed by atoms with Gasteiger partial charge in [0.25, 0.3) is 0 Å². The van der Waals surface area contributed by atoms with E-state index in [1.165, 1.54) is 51.6 Å². The minimum Gasteiger partial charge on any atom is -0.372 e. The predicted molar refractivity (Wildman–Crippen MR) is 80.5 cm³/mol. The number of ether oxygens (including phenoxy) is 1. The fourth-order valence-corrected chi connectivity index (χ4v) is 3.03. The van der Waals surface area contributed by atoms with Gasteiger partial charge in [0, 0.05) is 19.6 Å². The maximum atomic E-state index is 6.18. The Hall–Kier alpha value is -0.120. The summed E-state index contributed by atoms with van der Waals surface area (Å²) in [5, 5.41) is 3.48. The molecule has 3 heteroatoms. The molecule has 19 heavy (non-hydrogen) atoms. The average molecular weight is 268 g/mol. The molecule has 1 N–H and O–H groups in total. The van der Waals surface area contributed by atoms with Crippen molar-refractivity contribution < 1.29 is 4.74 Å². The number of nitrogens with zero attached hydrogens (tertiary/aromatic N) is 1. The van der Waals surface area contributed by atoms with Gasteiger partial charge < -0.3 is 15.0 Å². The number of hydrogen-bond donors (Lipinski definition) is 1. The lowest BCUT2D eigenvalue weighted by molar-refractivity contribution is 0.0226. The van der Waals surface area contributed by atoms with Crippen LogP contribution < -0.4 is 5.32 Å². The summed E-state index contributed by atoms with van der Waals surface area (Å²) in [5.74, 6) is 0.995. The van der Waals surface area contributed by atoms with Crippen LogP contribution >= 0.6 is 0 Å². The summed E-state index contributed by atoms with van der Waals surface area (Å²) in [6.07, 6.45) is 8.82. The van der Waals surface area contributed by atoms with Gasteiger partial charge in [-0.3, -0.25) is 0 Å². The highest BCUT2D eigenvalue weighted by molar-refractivity contribution is 4.81. The van der Waals surface area contributed by atoms with Crippen LogP contribution in [0.2, 0.25) is 0 Å². The van der Waals surface area contributed by atoms with Gasteiger partial charge in [-0.2, -0.15) is 0 Å². The van der Waals surface area contributed by atoms with Crippen molar-refractivity contribution in [2.45, 2.75) is 64.6 Å². The topological polar surface area (TPSA) is 24.5 Å². The van der Waals surface area contributed by atoms with E-state index >= 15 is 0 Å². The van der Waals surface area contributed by atoms with E-state index in [4.69, 9.17) is 4.74 Å². The van der Waals surface area contributed by atoms with Gasteiger partial charge in [-0.05, 0) is 57.5 Å². The second-order valence-corrected chi connectivity index (χ2v) is 6.36. The average Bonchev–Trinajstić information content (AvgIpc) is 3.09. The fraction of sp³-hybridized carbons (Fsp3) is 1.00. The Balaban J connectivity index is 1.63. The number of rotatable bonds is 10. The molecular weight excluding hydrogens is 236 g/mol. The van der Waals surface area contributed by atoms with Crippen LogP contribution in [-0.4, -0.2) is 49.8 Å². The lowest BCUT2D eigenvalue weighted by atomic mass is 10.1. The molecule has 2 unspecified atom stereocenters. The van der Waals surface area contributed by atoms with Gasteiger partial charge in [0.1, 0.15) is 0 Å². The molecule has 2 rings (SSSR count). The van der Waals surface area contributed by atoms with Crippen molar-refractivity contribution in [3.8, 4) is 0 Å². The van der Waals surface area contributed by atoms with E-state index in [9.17, 15) is 0 Å². The van der Waals surface area contributed by atoms with Gasteiger partial charge in [-0.1, -0.05) is 13.8 Å². The maximum Gasteiger partial charge on any atom is 0.0707 e. The molecule has 0 aromatic heterocycles. The first-order valence-electron chi connectivity index (χ1n) is 8.40. The first-order chi connectivity index (χ1) is 9.31. The second kappa shape index (κ2) is 8.23. The van der Waals surface area contributed by atoms with Crippen LogP contribution in [0.25, 0.3) is 0 Å². The molecule has 1 heterocycles. The minimum absolute atomic E-state index is 0.459. The van der Waals surface area contributed by atoms with Crippen LogP contribution in [0.5, 0.6) is 0 Å². The van der Waals surface area contributed by atoms with Crippen molar-refractivity contribution in [1.29, 1.82) is 0 Å². The number of hydrogen-bond acceptors (Lipinski definition) is 3. The lowest BCUT2D eigenvalue weighted by Crippen LogP contribution is -2.35. The van der Waals surface area contributed by atoms with Crippen molar-refractivity contribution in [3.63, 3.8) is 0 Å². The van der Waals surface area contributed by atoms with Crippen molar-refractivity contribution >= 4 is 0 Å².